The largest absolute Gasteiger partial charge is 0.508 e. The fourth-order valence-corrected chi connectivity index (χ4v) is 2.40. The smallest absolute Gasteiger partial charge is 0.331 e. The SMILES string of the molecule is C/C(=C\c1ccc(-c2ccc(O)c(C(C)(C)C)c2)cc1)C(=O)O. The highest BCUT2D eigenvalue weighted by atomic mass is 16.4. The molecule has 0 heterocycles. The molecule has 3 nitrogen and oxygen atoms in total. The Morgan fingerprint density at radius 2 is 1.57 bits per heavy atom. The minimum absolute atomic E-state index is 0.138. The van der Waals surface area contributed by atoms with E-state index in [1.54, 1.807) is 19.1 Å². The molecule has 0 amide bonds. The predicted molar refractivity (Wildman–Crippen MR) is 93.5 cm³/mol. The maximum atomic E-state index is 10.9. The third-order valence-electron chi connectivity index (χ3n) is 3.77. The number of carboxylic acids is 1. The van der Waals surface area contributed by atoms with Crippen molar-refractivity contribution in [2.75, 3.05) is 0 Å². The van der Waals surface area contributed by atoms with Gasteiger partial charge >= 0.3 is 5.97 Å². The monoisotopic (exact) mass is 310 g/mol. The van der Waals surface area contributed by atoms with E-state index in [1.807, 2.05) is 36.4 Å². The number of rotatable bonds is 3. The fourth-order valence-electron chi connectivity index (χ4n) is 2.40. The zero-order valence-electron chi connectivity index (χ0n) is 13.9. The Kier molecular flexibility index (Phi) is 4.60. The summed E-state index contributed by atoms with van der Waals surface area (Å²) >= 11 is 0. The Morgan fingerprint density at radius 1 is 1.00 bits per heavy atom. The molecule has 0 unspecified atom stereocenters. The molecule has 0 bridgehead atoms. The Morgan fingerprint density at radius 3 is 2.09 bits per heavy atom. The Labute approximate surface area is 136 Å². The number of hydrogen-bond acceptors (Lipinski definition) is 2. The summed E-state index contributed by atoms with van der Waals surface area (Å²) in [5.74, 6) is -0.611. The van der Waals surface area contributed by atoms with E-state index < -0.39 is 5.97 Å². The van der Waals surface area contributed by atoms with E-state index >= 15 is 0 Å². The van der Waals surface area contributed by atoms with Crippen LogP contribution in [0.15, 0.2) is 48.0 Å². The molecule has 0 saturated heterocycles. The van der Waals surface area contributed by atoms with Gasteiger partial charge in [0, 0.05) is 5.57 Å². The number of aliphatic carboxylic acids is 1. The standard InChI is InChI=1S/C20H22O3/c1-13(19(22)23)11-14-5-7-15(8-6-14)16-9-10-18(21)17(12-16)20(2,3)4/h5-12,21H,1-4H3,(H,22,23)/b13-11+. The van der Waals surface area contributed by atoms with Gasteiger partial charge in [0.2, 0.25) is 0 Å². The van der Waals surface area contributed by atoms with Crippen LogP contribution in [0.25, 0.3) is 17.2 Å². The van der Waals surface area contributed by atoms with Gasteiger partial charge in [0.1, 0.15) is 5.75 Å². The third-order valence-corrected chi connectivity index (χ3v) is 3.77. The van der Waals surface area contributed by atoms with Crippen LogP contribution >= 0.6 is 0 Å². The van der Waals surface area contributed by atoms with E-state index in [4.69, 9.17) is 5.11 Å². The summed E-state index contributed by atoms with van der Waals surface area (Å²) in [6.07, 6.45) is 1.64. The molecule has 0 radical (unpaired) electrons. The fraction of sp³-hybridized carbons (Fsp3) is 0.250. The van der Waals surface area contributed by atoms with Crippen LogP contribution in [-0.2, 0) is 10.2 Å². The Balaban J connectivity index is 2.37. The summed E-state index contributed by atoms with van der Waals surface area (Å²) in [5, 5.41) is 19.0. The summed E-state index contributed by atoms with van der Waals surface area (Å²) in [6, 6.07) is 13.3. The molecule has 0 aliphatic heterocycles. The Hall–Kier alpha value is -2.55. The van der Waals surface area contributed by atoms with Crippen molar-refractivity contribution in [2.24, 2.45) is 0 Å². The van der Waals surface area contributed by atoms with Crippen molar-refractivity contribution in [2.45, 2.75) is 33.1 Å². The van der Waals surface area contributed by atoms with Gasteiger partial charge in [0.05, 0.1) is 0 Å². The number of hydrogen-bond donors (Lipinski definition) is 2. The number of phenolic OH excluding ortho intramolecular Hbond substituents is 1. The highest BCUT2D eigenvalue weighted by Gasteiger charge is 2.18. The molecule has 0 fully saturated rings. The number of benzene rings is 2. The van der Waals surface area contributed by atoms with Gasteiger partial charge in [0.15, 0.2) is 0 Å². The maximum Gasteiger partial charge on any atom is 0.331 e. The van der Waals surface area contributed by atoms with E-state index in [2.05, 4.69) is 20.8 Å². The second kappa shape index (κ2) is 6.29. The van der Waals surface area contributed by atoms with Gasteiger partial charge in [0.25, 0.3) is 0 Å². The van der Waals surface area contributed by atoms with Crippen LogP contribution in [0.1, 0.15) is 38.8 Å². The first-order valence-corrected chi connectivity index (χ1v) is 7.54. The summed E-state index contributed by atoms with van der Waals surface area (Å²) in [5.41, 5.74) is 3.97. The highest BCUT2D eigenvalue weighted by molar-refractivity contribution is 5.91. The van der Waals surface area contributed by atoms with Crippen LogP contribution in [0.4, 0.5) is 0 Å². The molecule has 2 N–H and O–H groups in total. The van der Waals surface area contributed by atoms with Gasteiger partial charge < -0.3 is 10.2 Å². The maximum absolute atomic E-state index is 10.9. The van der Waals surface area contributed by atoms with Gasteiger partial charge in [-0.3, -0.25) is 0 Å². The van der Waals surface area contributed by atoms with Crippen LogP contribution in [0.2, 0.25) is 0 Å². The lowest BCUT2D eigenvalue weighted by atomic mass is 9.84. The predicted octanol–water partition coefficient (Wildman–Crippen LogP) is 4.84. The van der Waals surface area contributed by atoms with Gasteiger partial charge in [-0.1, -0.05) is 51.1 Å². The van der Waals surface area contributed by atoms with Crippen LogP contribution in [-0.4, -0.2) is 16.2 Å². The lowest BCUT2D eigenvalue weighted by Gasteiger charge is -2.21. The average Bonchev–Trinajstić information content (AvgIpc) is 2.47. The summed E-state index contributed by atoms with van der Waals surface area (Å²) in [4.78, 5) is 10.9. The molecule has 0 aliphatic carbocycles. The molecule has 0 atom stereocenters. The van der Waals surface area contributed by atoms with Crippen molar-refractivity contribution in [3.63, 3.8) is 0 Å². The second-order valence-corrected chi connectivity index (χ2v) is 6.74. The van der Waals surface area contributed by atoms with Crippen molar-refractivity contribution in [1.82, 2.24) is 0 Å². The van der Waals surface area contributed by atoms with Crippen LogP contribution in [0.3, 0.4) is 0 Å². The summed E-state index contributed by atoms with van der Waals surface area (Å²) < 4.78 is 0. The topological polar surface area (TPSA) is 57.5 Å². The quantitative estimate of drug-likeness (QED) is 0.797. The molecule has 0 aromatic heterocycles. The van der Waals surface area contributed by atoms with Crippen molar-refractivity contribution in [3.05, 3.63) is 59.2 Å². The molecule has 3 heteroatoms. The first kappa shape index (κ1) is 16.8. The second-order valence-electron chi connectivity index (χ2n) is 6.74. The van der Waals surface area contributed by atoms with E-state index in [-0.39, 0.29) is 5.41 Å². The molecule has 2 rings (SSSR count). The number of carboxylic acid groups (broad SMARTS) is 1. The number of phenols is 1. The zero-order valence-corrected chi connectivity index (χ0v) is 13.9. The molecule has 2 aromatic rings. The minimum atomic E-state index is -0.914. The van der Waals surface area contributed by atoms with Crippen LogP contribution in [0, 0.1) is 0 Å². The van der Waals surface area contributed by atoms with E-state index in [9.17, 15) is 9.90 Å². The van der Waals surface area contributed by atoms with Crippen LogP contribution < -0.4 is 0 Å². The van der Waals surface area contributed by atoms with Gasteiger partial charge in [-0.15, -0.1) is 0 Å². The first-order valence-electron chi connectivity index (χ1n) is 7.54. The van der Waals surface area contributed by atoms with Gasteiger partial charge in [-0.25, -0.2) is 4.79 Å². The average molecular weight is 310 g/mol. The van der Waals surface area contributed by atoms with E-state index in [1.165, 1.54) is 0 Å². The third kappa shape index (κ3) is 4.01. The molecule has 0 spiro atoms. The highest BCUT2D eigenvalue weighted by Crippen LogP contribution is 2.34. The molecule has 0 saturated carbocycles. The zero-order chi connectivity index (χ0) is 17.2. The van der Waals surface area contributed by atoms with Gasteiger partial charge in [-0.2, -0.15) is 0 Å². The number of carbonyl (C=O) groups is 1. The molecule has 23 heavy (non-hydrogen) atoms. The van der Waals surface area contributed by atoms with Crippen molar-refractivity contribution >= 4 is 12.0 Å². The molecule has 120 valence electrons. The Bertz CT molecular complexity index is 747. The lowest BCUT2D eigenvalue weighted by molar-refractivity contribution is -0.132. The number of aromatic hydroxyl groups is 1. The molecule has 2 aromatic carbocycles. The first-order chi connectivity index (χ1) is 10.7. The lowest BCUT2D eigenvalue weighted by Crippen LogP contribution is -2.11. The molecule has 0 aliphatic rings. The molecular weight excluding hydrogens is 288 g/mol. The van der Waals surface area contributed by atoms with Gasteiger partial charge in [-0.05, 0) is 52.8 Å². The van der Waals surface area contributed by atoms with E-state index in [0.717, 1.165) is 22.3 Å². The van der Waals surface area contributed by atoms with Crippen LogP contribution in [0.5, 0.6) is 5.75 Å². The van der Waals surface area contributed by atoms with Crippen molar-refractivity contribution in [3.8, 4) is 16.9 Å². The summed E-state index contributed by atoms with van der Waals surface area (Å²) in [6.45, 7) is 7.77. The van der Waals surface area contributed by atoms with Crippen molar-refractivity contribution < 1.29 is 15.0 Å². The normalized spacial score (nSPS) is 12.3. The summed E-state index contributed by atoms with van der Waals surface area (Å²) in [7, 11) is 0. The molecular formula is C20H22O3. The minimum Gasteiger partial charge on any atom is -0.508 e. The van der Waals surface area contributed by atoms with E-state index in [0.29, 0.717) is 11.3 Å². The van der Waals surface area contributed by atoms with Crippen molar-refractivity contribution in [1.29, 1.82) is 0 Å².